The van der Waals surface area contributed by atoms with Gasteiger partial charge >= 0.3 is 0 Å². The Balaban J connectivity index is 2.02. The summed E-state index contributed by atoms with van der Waals surface area (Å²) in [6.45, 7) is 2.15. The third-order valence-electron chi connectivity index (χ3n) is 3.53. The van der Waals surface area contributed by atoms with Crippen molar-refractivity contribution in [3.63, 3.8) is 0 Å². The quantitative estimate of drug-likeness (QED) is 0.849. The number of halogens is 1. The van der Waals surface area contributed by atoms with E-state index in [2.05, 4.69) is 6.07 Å². The number of nitriles is 1. The molecule has 1 atom stereocenters. The van der Waals surface area contributed by atoms with Gasteiger partial charge in [0.2, 0.25) is 5.91 Å². The summed E-state index contributed by atoms with van der Waals surface area (Å²) in [5.74, 6) is -0.354. The van der Waals surface area contributed by atoms with Gasteiger partial charge in [0.25, 0.3) is 0 Å². The highest BCUT2D eigenvalue weighted by Crippen LogP contribution is 2.40. The van der Waals surface area contributed by atoms with Crippen LogP contribution in [0.4, 0.5) is 10.1 Å². The van der Waals surface area contributed by atoms with E-state index in [0.29, 0.717) is 12.1 Å². The Kier molecular flexibility index (Phi) is 3.86. The maximum atomic E-state index is 13.4. The van der Waals surface area contributed by atoms with Gasteiger partial charge < -0.3 is 4.90 Å². The Morgan fingerprint density at radius 3 is 2.86 bits per heavy atom. The van der Waals surface area contributed by atoms with Crippen LogP contribution < -0.4 is 4.90 Å². The third kappa shape index (κ3) is 2.70. The summed E-state index contributed by atoms with van der Waals surface area (Å²) in [4.78, 5) is 15.1. The van der Waals surface area contributed by atoms with Crippen molar-refractivity contribution in [1.29, 1.82) is 5.26 Å². The summed E-state index contributed by atoms with van der Waals surface area (Å²) < 4.78 is 13.4. The van der Waals surface area contributed by atoms with Crippen molar-refractivity contribution in [2.45, 2.75) is 23.6 Å². The lowest BCUT2D eigenvalue weighted by molar-refractivity contribution is -0.118. The van der Waals surface area contributed by atoms with E-state index in [1.54, 1.807) is 29.2 Å². The lowest BCUT2D eigenvalue weighted by atomic mass is 10.1. The summed E-state index contributed by atoms with van der Waals surface area (Å²) in [6, 6.07) is 13.6. The molecule has 0 N–H and O–H groups in total. The van der Waals surface area contributed by atoms with Gasteiger partial charge in [-0.3, -0.25) is 4.79 Å². The van der Waals surface area contributed by atoms with E-state index in [-0.39, 0.29) is 17.0 Å². The number of benzene rings is 2. The molecule has 1 amide bonds. The molecule has 0 fully saturated rings. The fourth-order valence-electron chi connectivity index (χ4n) is 2.46. The van der Waals surface area contributed by atoms with E-state index in [4.69, 9.17) is 5.26 Å². The fourth-order valence-corrected chi connectivity index (χ4v) is 3.50. The topological polar surface area (TPSA) is 44.1 Å². The number of anilines is 1. The molecule has 0 saturated carbocycles. The smallest absolute Gasteiger partial charge is 0.240 e. The number of rotatable bonds is 2. The van der Waals surface area contributed by atoms with Crippen LogP contribution in [0.1, 0.15) is 18.1 Å². The van der Waals surface area contributed by atoms with Crippen LogP contribution in [0.2, 0.25) is 0 Å². The summed E-state index contributed by atoms with van der Waals surface area (Å²) in [5, 5.41) is 8.86. The van der Waals surface area contributed by atoms with E-state index >= 15 is 0 Å². The maximum Gasteiger partial charge on any atom is 0.240 e. The maximum absolute atomic E-state index is 13.4. The van der Waals surface area contributed by atoms with Crippen LogP contribution in [0.3, 0.4) is 0 Å². The van der Waals surface area contributed by atoms with Gasteiger partial charge in [0.1, 0.15) is 5.82 Å². The number of fused-ring (bicyclic) bond motifs is 1. The van der Waals surface area contributed by atoms with Gasteiger partial charge in [-0.15, -0.1) is 11.8 Å². The number of carbonyl (C=O) groups excluding carboxylic acids is 1. The first-order valence-corrected chi connectivity index (χ1v) is 7.73. The number of hydrogen-bond donors (Lipinski definition) is 0. The lowest BCUT2D eigenvalue weighted by Gasteiger charge is -2.32. The fraction of sp³-hybridized carbons (Fsp3) is 0.176. The predicted octanol–water partition coefficient (Wildman–Crippen LogP) is 3.72. The van der Waals surface area contributed by atoms with Crippen LogP contribution in [-0.2, 0) is 11.3 Å². The molecular weight excluding hydrogens is 299 g/mol. The second-order valence-corrected chi connectivity index (χ2v) is 6.49. The largest absolute Gasteiger partial charge is 0.306 e. The predicted molar refractivity (Wildman–Crippen MR) is 84.1 cm³/mol. The molecule has 22 heavy (non-hydrogen) atoms. The van der Waals surface area contributed by atoms with Gasteiger partial charge in [0, 0.05) is 4.90 Å². The minimum atomic E-state index is -0.324. The number of thioether (sulfide) groups is 1. The van der Waals surface area contributed by atoms with E-state index in [0.717, 1.165) is 16.1 Å². The number of amides is 1. The molecule has 0 aromatic heterocycles. The van der Waals surface area contributed by atoms with Crippen molar-refractivity contribution in [1.82, 2.24) is 0 Å². The van der Waals surface area contributed by atoms with Crippen LogP contribution in [0.15, 0.2) is 47.4 Å². The van der Waals surface area contributed by atoms with Crippen LogP contribution in [0.25, 0.3) is 0 Å². The molecule has 0 saturated heterocycles. The molecule has 3 nitrogen and oxygen atoms in total. The molecule has 0 bridgehead atoms. The van der Waals surface area contributed by atoms with Crippen molar-refractivity contribution < 1.29 is 9.18 Å². The average Bonchev–Trinajstić information content (AvgIpc) is 2.51. The van der Waals surface area contributed by atoms with Gasteiger partial charge in [-0.1, -0.05) is 12.1 Å². The highest BCUT2D eigenvalue weighted by molar-refractivity contribution is 8.00. The summed E-state index contributed by atoms with van der Waals surface area (Å²) in [5.41, 5.74) is 1.95. The number of carbonyl (C=O) groups is 1. The highest BCUT2D eigenvalue weighted by atomic mass is 32.2. The van der Waals surface area contributed by atoms with E-state index in [1.165, 1.54) is 23.9 Å². The van der Waals surface area contributed by atoms with Crippen molar-refractivity contribution >= 4 is 23.4 Å². The van der Waals surface area contributed by atoms with Gasteiger partial charge in [-0.2, -0.15) is 5.26 Å². The number of hydrogen-bond acceptors (Lipinski definition) is 3. The summed E-state index contributed by atoms with van der Waals surface area (Å²) >= 11 is 1.48. The van der Waals surface area contributed by atoms with Crippen LogP contribution in [-0.4, -0.2) is 11.2 Å². The minimum Gasteiger partial charge on any atom is -0.306 e. The highest BCUT2D eigenvalue weighted by Gasteiger charge is 2.30. The minimum absolute atomic E-state index is 0.0307. The molecule has 2 aromatic rings. The molecule has 1 aliphatic rings. The molecule has 1 aliphatic heterocycles. The van der Waals surface area contributed by atoms with Gasteiger partial charge in [-0.25, -0.2) is 4.39 Å². The second-order valence-electron chi connectivity index (χ2n) is 5.11. The zero-order valence-corrected chi connectivity index (χ0v) is 12.7. The molecule has 1 heterocycles. The second kappa shape index (κ2) is 5.82. The summed E-state index contributed by atoms with van der Waals surface area (Å²) in [7, 11) is 0. The SMILES string of the molecule is CC1Sc2ccc(C#N)cc2N(Cc2cccc(F)c2)C1=O. The normalized spacial score (nSPS) is 17.0. The van der Waals surface area contributed by atoms with Gasteiger partial charge in [0.05, 0.1) is 29.1 Å². The standard InChI is InChI=1S/C17H13FN2OS/c1-11-17(21)20(10-13-3-2-4-14(18)7-13)15-8-12(9-19)5-6-16(15)22-11/h2-8,11H,10H2,1H3. The van der Waals surface area contributed by atoms with Crippen LogP contribution >= 0.6 is 11.8 Å². The molecular formula is C17H13FN2OS. The molecule has 3 rings (SSSR count). The molecule has 1 unspecified atom stereocenters. The third-order valence-corrected chi connectivity index (χ3v) is 4.68. The zero-order valence-electron chi connectivity index (χ0n) is 11.9. The van der Waals surface area contributed by atoms with Crippen LogP contribution in [0, 0.1) is 17.1 Å². The first-order valence-electron chi connectivity index (χ1n) is 6.85. The van der Waals surface area contributed by atoms with Crippen LogP contribution in [0.5, 0.6) is 0 Å². The zero-order chi connectivity index (χ0) is 15.7. The Bertz CT molecular complexity index is 784. The van der Waals surface area contributed by atoms with E-state index in [1.807, 2.05) is 13.0 Å². The first kappa shape index (κ1) is 14.6. The van der Waals surface area contributed by atoms with Crippen molar-refractivity contribution in [2.75, 3.05) is 4.90 Å². The molecule has 0 aliphatic carbocycles. The average molecular weight is 312 g/mol. The Labute approximate surface area is 132 Å². The number of nitrogens with zero attached hydrogens (tertiary/aromatic N) is 2. The van der Waals surface area contributed by atoms with Crippen molar-refractivity contribution in [2.24, 2.45) is 0 Å². The Morgan fingerprint density at radius 1 is 1.32 bits per heavy atom. The Morgan fingerprint density at radius 2 is 2.14 bits per heavy atom. The van der Waals surface area contributed by atoms with Crippen molar-refractivity contribution in [3.8, 4) is 6.07 Å². The molecule has 5 heteroatoms. The molecule has 110 valence electrons. The molecule has 2 aromatic carbocycles. The monoisotopic (exact) mass is 312 g/mol. The van der Waals surface area contributed by atoms with Gasteiger partial charge in [0.15, 0.2) is 0 Å². The molecule has 0 spiro atoms. The van der Waals surface area contributed by atoms with Crippen molar-refractivity contribution in [3.05, 3.63) is 59.4 Å². The lowest BCUT2D eigenvalue weighted by Crippen LogP contribution is -2.39. The first-order chi connectivity index (χ1) is 10.6. The Hall–Kier alpha value is -2.32. The van der Waals surface area contributed by atoms with E-state index in [9.17, 15) is 9.18 Å². The van der Waals surface area contributed by atoms with Gasteiger partial charge in [-0.05, 0) is 42.8 Å². The summed E-state index contributed by atoms with van der Waals surface area (Å²) in [6.07, 6.45) is 0. The molecule has 0 radical (unpaired) electrons. The van der Waals surface area contributed by atoms with E-state index < -0.39 is 0 Å².